The van der Waals surface area contributed by atoms with Crippen molar-refractivity contribution in [2.24, 2.45) is 0 Å². The number of fused-ring (bicyclic) bond motifs is 6. The minimum absolute atomic E-state index is 0.0627. The highest BCUT2D eigenvalue weighted by Crippen LogP contribution is 2.58. The van der Waals surface area contributed by atoms with E-state index in [0.717, 1.165) is 5.56 Å². The average molecular weight is 534 g/mol. The van der Waals surface area contributed by atoms with Crippen LogP contribution < -0.4 is 14.2 Å². The van der Waals surface area contributed by atoms with Gasteiger partial charge in [-0.05, 0) is 23.8 Å². The second-order valence-corrected chi connectivity index (χ2v) is 9.01. The van der Waals surface area contributed by atoms with Crippen molar-refractivity contribution in [3.8, 4) is 23.0 Å². The van der Waals surface area contributed by atoms with Crippen LogP contribution in [-0.4, -0.2) is 17.9 Å². The average Bonchev–Trinajstić information content (AvgIpc) is 3.08. The minimum Gasteiger partial charge on any atom is -0.456 e. The summed E-state index contributed by atoms with van der Waals surface area (Å²) in [6.45, 7) is 2.48. The van der Waals surface area contributed by atoms with Gasteiger partial charge in [-0.2, -0.15) is 0 Å². The van der Waals surface area contributed by atoms with Gasteiger partial charge in [-0.25, -0.2) is 4.79 Å². The van der Waals surface area contributed by atoms with Crippen LogP contribution in [0.4, 0.5) is 0 Å². The van der Waals surface area contributed by atoms with Crippen molar-refractivity contribution in [3.05, 3.63) is 80.3 Å². The van der Waals surface area contributed by atoms with E-state index in [4.69, 9.17) is 53.8 Å². The molecule has 2 heterocycles. The molecule has 0 bridgehead atoms. The fraction of sp³-hybridized carbons (Fsp3) is 0.160. The number of carbonyl (C=O) groups excluding carboxylic acids is 3. The van der Waals surface area contributed by atoms with Crippen molar-refractivity contribution in [1.82, 2.24) is 0 Å². The van der Waals surface area contributed by atoms with E-state index in [9.17, 15) is 14.4 Å². The predicted octanol–water partition coefficient (Wildman–Crippen LogP) is 6.15. The lowest BCUT2D eigenvalue weighted by atomic mass is 9.77. The Morgan fingerprint density at radius 3 is 1.89 bits per heavy atom. The number of hydrogen-bond acceptors (Lipinski definition) is 7. The summed E-state index contributed by atoms with van der Waals surface area (Å²) in [5.41, 5.74) is 0.882. The van der Waals surface area contributed by atoms with E-state index in [1.165, 1.54) is 38.1 Å². The third-order valence-electron chi connectivity index (χ3n) is 5.64. The lowest BCUT2D eigenvalue weighted by Gasteiger charge is -2.37. The van der Waals surface area contributed by atoms with E-state index in [2.05, 4.69) is 0 Å². The number of hydrogen-bond donors (Lipinski definition) is 0. The Morgan fingerprint density at radius 2 is 1.40 bits per heavy atom. The minimum atomic E-state index is -1.49. The third kappa shape index (κ3) is 3.71. The van der Waals surface area contributed by atoms with Gasteiger partial charge in [0, 0.05) is 48.6 Å². The molecular weight excluding hydrogens is 519 g/mol. The number of carbonyl (C=O) groups is 3. The molecule has 0 saturated heterocycles. The number of halogens is 3. The Kier molecular flexibility index (Phi) is 5.67. The maximum Gasteiger partial charge on any atom is 0.340 e. The molecule has 2 aliphatic rings. The van der Waals surface area contributed by atoms with Crippen LogP contribution in [0.15, 0.2) is 42.5 Å². The maximum atomic E-state index is 13.1. The fourth-order valence-corrected chi connectivity index (χ4v) is 4.89. The van der Waals surface area contributed by atoms with E-state index in [0.29, 0.717) is 22.3 Å². The zero-order chi connectivity index (χ0) is 25.1. The van der Waals surface area contributed by atoms with Crippen molar-refractivity contribution in [3.63, 3.8) is 0 Å². The molecule has 0 unspecified atom stereocenters. The third-order valence-corrected chi connectivity index (χ3v) is 6.54. The largest absolute Gasteiger partial charge is 0.456 e. The molecule has 0 amide bonds. The van der Waals surface area contributed by atoms with Crippen LogP contribution >= 0.6 is 34.8 Å². The van der Waals surface area contributed by atoms with Gasteiger partial charge in [0.25, 0.3) is 0 Å². The van der Waals surface area contributed by atoms with E-state index in [1.54, 1.807) is 18.2 Å². The zero-order valence-electron chi connectivity index (χ0n) is 18.2. The molecule has 0 radical (unpaired) electrons. The predicted molar refractivity (Wildman–Crippen MR) is 127 cm³/mol. The summed E-state index contributed by atoms with van der Waals surface area (Å²) in [5.74, 6) is -0.959. The molecule has 0 N–H and O–H groups in total. The number of esters is 3. The number of rotatable bonds is 3. The van der Waals surface area contributed by atoms with E-state index in [1.807, 2.05) is 0 Å². The van der Waals surface area contributed by atoms with Gasteiger partial charge in [-0.3, -0.25) is 9.59 Å². The molecule has 5 rings (SSSR count). The summed E-state index contributed by atoms with van der Waals surface area (Å²) < 4.78 is 22.6. The van der Waals surface area contributed by atoms with Crippen LogP contribution in [0, 0.1) is 0 Å². The first-order valence-corrected chi connectivity index (χ1v) is 11.6. The quantitative estimate of drug-likeness (QED) is 0.227. The monoisotopic (exact) mass is 532 g/mol. The van der Waals surface area contributed by atoms with Crippen LogP contribution in [0.25, 0.3) is 0 Å². The number of alkyl halides is 1. The standard InChI is InChI=1S/C25H15Cl3O7/c1-11(29)32-22-8-20-16(6-18(22)27)25(15-4-3-13(10-26)5-14(15)24(31)35-25)17-7-19(28)23(33-12(2)30)9-21(17)34-20/h3-9H,10H2,1-2H3. The van der Waals surface area contributed by atoms with Crippen molar-refractivity contribution >= 4 is 52.7 Å². The molecule has 0 aromatic heterocycles. The second-order valence-electron chi connectivity index (χ2n) is 7.93. The Hall–Kier alpha value is -3.26. The summed E-state index contributed by atoms with van der Waals surface area (Å²) in [4.78, 5) is 36.2. The highest BCUT2D eigenvalue weighted by Gasteiger charge is 2.54. The summed E-state index contributed by atoms with van der Waals surface area (Å²) >= 11 is 18.9. The zero-order valence-corrected chi connectivity index (χ0v) is 20.5. The van der Waals surface area contributed by atoms with Crippen molar-refractivity contribution < 1.29 is 33.3 Å². The molecule has 2 aliphatic heterocycles. The molecule has 35 heavy (non-hydrogen) atoms. The van der Waals surface area contributed by atoms with Crippen molar-refractivity contribution in [1.29, 1.82) is 0 Å². The fourth-order valence-electron chi connectivity index (χ4n) is 4.32. The summed E-state index contributed by atoms with van der Waals surface area (Å²) in [7, 11) is 0. The van der Waals surface area contributed by atoms with Gasteiger partial charge in [0.1, 0.15) is 11.5 Å². The lowest BCUT2D eigenvalue weighted by molar-refractivity contribution is -0.132. The van der Waals surface area contributed by atoms with Crippen molar-refractivity contribution in [2.75, 3.05) is 0 Å². The van der Waals surface area contributed by atoms with E-state index < -0.39 is 23.5 Å². The van der Waals surface area contributed by atoms with Gasteiger partial charge in [-0.15, -0.1) is 11.6 Å². The van der Waals surface area contributed by atoms with Gasteiger partial charge in [0.05, 0.1) is 15.6 Å². The van der Waals surface area contributed by atoms with Crippen LogP contribution in [0.1, 0.15) is 46.5 Å². The van der Waals surface area contributed by atoms with Gasteiger partial charge in [0.2, 0.25) is 0 Å². The van der Waals surface area contributed by atoms with Crippen LogP contribution in [0.3, 0.4) is 0 Å². The smallest absolute Gasteiger partial charge is 0.340 e. The normalized spacial score (nSPS) is 14.4. The topological polar surface area (TPSA) is 88.1 Å². The van der Waals surface area contributed by atoms with Crippen molar-refractivity contribution in [2.45, 2.75) is 25.3 Å². The van der Waals surface area contributed by atoms with Crippen LogP contribution in [0.2, 0.25) is 10.0 Å². The Balaban J connectivity index is 1.82. The van der Waals surface area contributed by atoms with Gasteiger partial charge in [0.15, 0.2) is 17.1 Å². The van der Waals surface area contributed by atoms with E-state index >= 15 is 0 Å². The molecular formula is C25H15Cl3O7. The van der Waals surface area contributed by atoms with Crippen LogP contribution in [-0.2, 0) is 25.8 Å². The van der Waals surface area contributed by atoms with Gasteiger partial charge in [-0.1, -0.05) is 35.3 Å². The molecule has 3 aromatic carbocycles. The number of ether oxygens (including phenoxy) is 4. The van der Waals surface area contributed by atoms with Crippen LogP contribution in [0.5, 0.6) is 23.0 Å². The molecule has 1 spiro atoms. The Bertz CT molecular complexity index is 1380. The number of benzene rings is 3. The Labute approximate surface area is 214 Å². The van der Waals surface area contributed by atoms with E-state index in [-0.39, 0.29) is 38.9 Å². The molecule has 0 atom stereocenters. The maximum absolute atomic E-state index is 13.1. The molecule has 0 fully saturated rings. The van der Waals surface area contributed by atoms with Gasteiger partial charge < -0.3 is 18.9 Å². The molecule has 10 heteroatoms. The second kappa shape index (κ2) is 8.45. The summed E-state index contributed by atoms with van der Waals surface area (Å²) in [6, 6.07) is 11.1. The Morgan fingerprint density at radius 1 is 0.857 bits per heavy atom. The summed E-state index contributed by atoms with van der Waals surface area (Å²) in [5, 5.41) is 0.213. The molecule has 3 aromatic rings. The summed E-state index contributed by atoms with van der Waals surface area (Å²) in [6.07, 6.45) is 0. The molecule has 0 saturated carbocycles. The first-order valence-electron chi connectivity index (χ1n) is 10.3. The molecule has 0 aliphatic carbocycles. The lowest BCUT2D eigenvalue weighted by Crippen LogP contribution is -2.33. The molecule has 7 nitrogen and oxygen atoms in total. The first kappa shape index (κ1) is 23.5. The molecule has 178 valence electrons. The first-order chi connectivity index (χ1) is 16.6. The van der Waals surface area contributed by atoms with Gasteiger partial charge >= 0.3 is 17.9 Å². The SMILES string of the molecule is CC(=O)Oc1cc2c(cc1Cl)C1(OC(=O)c3cc(CCl)ccc31)c1cc(Cl)c(OC(C)=O)cc1O2. The highest BCUT2D eigenvalue weighted by molar-refractivity contribution is 6.33. The highest BCUT2D eigenvalue weighted by atomic mass is 35.5.